The normalized spacial score (nSPS) is 17.6. The van der Waals surface area contributed by atoms with Crippen LogP contribution in [0.25, 0.3) is 0 Å². The molecule has 3 rings (SSSR count). The van der Waals surface area contributed by atoms with Crippen molar-refractivity contribution in [2.45, 2.75) is 32.6 Å². The number of hydrogen-bond donors (Lipinski definition) is 1. The first-order chi connectivity index (χ1) is 12.1. The molecule has 0 spiro atoms. The summed E-state index contributed by atoms with van der Waals surface area (Å²) in [5.41, 5.74) is 0.715. The maximum atomic E-state index is 12.2. The lowest BCUT2D eigenvalue weighted by Crippen LogP contribution is -2.41. The van der Waals surface area contributed by atoms with Crippen LogP contribution in [0.1, 0.15) is 48.8 Å². The van der Waals surface area contributed by atoms with E-state index in [1.165, 1.54) is 0 Å². The van der Waals surface area contributed by atoms with Gasteiger partial charge in [0.1, 0.15) is 11.6 Å². The van der Waals surface area contributed by atoms with Gasteiger partial charge in [-0.15, -0.1) is 0 Å². The molecule has 1 aliphatic heterocycles. The van der Waals surface area contributed by atoms with E-state index >= 15 is 0 Å². The number of amides is 1. The van der Waals surface area contributed by atoms with Gasteiger partial charge < -0.3 is 10.2 Å². The van der Waals surface area contributed by atoms with E-state index in [9.17, 15) is 4.79 Å². The Balaban J connectivity index is 1.58. The van der Waals surface area contributed by atoms with Crippen LogP contribution in [-0.4, -0.2) is 35.5 Å². The van der Waals surface area contributed by atoms with Gasteiger partial charge in [-0.25, -0.2) is 9.97 Å². The van der Waals surface area contributed by atoms with Gasteiger partial charge in [0.15, 0.2) is 0 Å². The summed E-state index contributed by atoms with van der Waals surface area (Å²) in [5.74, 6) is 2.65. The lowest BCUT2D eigenvalue weighted by atomic mass is 9.98. The zero-order valence-electron chi connectivity index (χ0n) is 15.0. The first-order valence-corrected chi connectivity index (χ1v) is 9.04. The van der Waals surface area contributed by atoms with E-state index in [1.54, 1.807) is 0 Å². The van der Waals surface area contributed by atoms with Crippen molar-refractivity contribution in [3.63, 3.8) is 0 Å². The first kappa shape index (κ1) is 17.4. The third-order valence-electron chi connectivity index (χ3n) is 4.61. The standard InChI is InChI=1S/C20H26N4O/c1-15(2)19-21-11-10-18(23-19)24-12-6-7-16(14-24)13-22-20(25)17-8-4-3-5-9-17/h3-5,8-11,15-16H,6-7,12-14H2,1-2H3,(H,22,25). The van der Waals surface area contributed by atoms with Crippen LogP contribution in [0.5, 0.6) is 0 Å². The summed E-state index contributed by atoms with van der Waals surface area (Å²) in [5, 5.41) is 3.07. The van der Waals surface area contributed by atoms with Crippen LogP contribution >= 0.6 is 0 Å². The minimum Gasteiger partial charge on any atom is -0.356 e. The highest BCUT2D eigenvalue weighted by molar-refractivity contribution is 5.94. The maximum absolute atomic E-state index is 12.2. The Morgan fingerprint density at radius 1 is 1.28 bits per heavy atom. The monoisotopic (exact) mass is 338 g/mol. The van der Waals surface area contributed by atoms with Crippen molar-refractivity contribution in [1.29, 1.82) is 0 Å². The number of nitrogens with zero attached hydrogens (tertiary/aromatic N) is 3. The largest absolute Gasteiger partial charge is 0.356 e. The maximum Gasteiger partial charge on any atom is 0.251 e. The molecule has 0 saturated carbocycles. The summed E-state index contributed by atoms with van der Waals surface area (Å²) >= 11 is 0. The summed E-state index contributed by atoms with van der Waals surface area (Å²) in [4.78, 5) is 23.6. The molecule has 1 N–H and O–H groups in total. The highest BCUT2D eigenvalue weighted by Crippen LogP contribution is 2.22. The number of carbonyl (C=O) groups is 1. The molecule has 5 heteroatoms. The Kier molecular flexibility index (Phi) is 5.64. The molecule has 2 heterocycles. The van der Waals surface area contributed by atoms with Crippen LogP contribution < -0.4 is 10.2 Å². The summed E-state index contributed by atoms with van der Waals surface area (Å²) in [7, 11) is 0. The minimum atomic E-state index is 0.00172. The van der Waals surface area contributed by atoms with Crippen LogP contribution in [-0.2, 0) is 0 Å². The number of piperidine rings is 1. The molecular weight excluding hydrogens is 312 g/mol. The Hall–Kier alpha value is -2.43. The van der Waals surface area contributed by atoms with Gasteiger partial charge in [0.2, 0.25) is 0 Å². The molecule has 1 unspecified atom stereocenters. The molecular formula is C20H26N4O. The van der Waals surface area contributed by atoms with E-state index < -0.39 is 0 Å². The predicted molar refractivity (Wildman–Crippen MR) is 99.8 cm³/mol. The summed E-state index contributed by atoms with van der Waals surface area (Å²) < 4.78 is 0. The molecule has 1 aliphatic rings. The average molecular weight is 338 g/mol. The highest BCUT2D eigenvalue weighted by atomic mass is 16.1. The van der Waals surface area contributed by atoms with Gasteiger partial charge in [0.25, 0.3) is 5.91 Å². The number of benzene rings is 1. The van der Waals surface area contributed by atoms with E-state index in [2.05, 4.69) is 29.0 Å². The van der Waals surface area contributed by atoms with Crippen molar-refractivity contribution >= 4 is 11.7 Å². The van der Waals surface area contributed by atoms with Crippen LogP contribution in [0.2, 0.25) is 0 Å². The van der Waals surface area contributed by atoms with Crippen LogP contribution in [0.3, 0.4) is 0 Å². The van der Waals surface area contributed by atoms with Gasteiger partial charge in [0.05, 0.1) is 0 Å². The fourth-order valence-corrected chi connectivity index (χ4v) is 3.19. The van der Waals surface area contributed by atoms with Crippen LogP contribution in [0, 0.1) is 5.92 Å². The molecule has 132 valence electrons. The second-order valence-corrected chi connectivity index (χ2v) is 6.96. The summed E-state index contributed by atoms with van der Waals surface area (Å²) in [6.45, 7) is 6.85. The Labute approximate surface area is 149 Å². The SMILES string of the molecule is CC(C)c1nccc(N2CCCC(CNC(=O)c3ccccc3)C2)n1. The van der Waals surface area contributed by atoms with Crippen molar-refractivity contribution in [1.82, 2.24) is 15.3 Å². The molecule has 2 aromatic rings. The predicted octanol–water partition coefficient (Wildman–Crippen LogP) is 3.25. The molecule has 0 bridgehead atoms. The number of rotatable bonds is 5. The topological polar surface area (TPSA) is 58.1 Å². The van der Waals surface area contributed by atoms with E-state index in [-0.39, 0.29) is 5.91 Å². The Morgan fingerprint density at radius 2 is 2.08 bits per heavy atom. The molecule has 1 amide bonds. The molecule has 0 radical (unpaired) electrons. The fourth-order valence-electron chi connectivity index (χ4n) is 3.19. The second kappa shape index (κ2) is 8.10. The number of aromatic nitrogens is 2. The minimum absolute atomic E-state index is 0.00172. The molecule has 1 aromatic carbocycles. The second-order valence-electron chi connectivity index (χ2n) is 6.96. The van der Waals surface area contributed by atoms with Crippen molar-refractivity contribution in [2.75, 3.05) is 24.5 Å². The van der Waals surface area contributed by atoms with Gasteiger partial charge in [0, 0.05) is 37.3 Å². The van der Waals surface area contributed by atoms with Gasteiger partial charge in [-0.3, -0.25) is 4.79 Å². The lowest BCUT2D eigenvalue weighted by molar-refractivity contribution is 0.0945. The summed E-state index contributed by atoms with van der Waals surface area (Å²) in [6, 6.07) is 11.4. The van der Waals surface area contributed by atoms with Gasteiger partial charge in [-0.1, -0.05) is 32.0 Å². The van der Waals surface area contributed by atoms with Gasteiger partial charge in [-0.05, 0) is 37.0 Å². The number of hydrogen-bond acceptors (Lipinski definition) is 4. The zero-order chi connectivity index (χ0) is 17.6. The average Bonchev–Trinajstić information content (AvgIpc) is 2.67. The fraction of sp³-hybridized carbons (Fsp3) is 0.450. The quantitative estimate of drug-likeness (QED) is 0.909. The zero-order valence-corrected chi connectivity index (χ0v) is 15.0. The Bertz CT molecular complexity index is 702. The number of nitrogens with one attached hydrogen (secondary N) is 1. The van der Waals surface area contributed by atoms with E-state index in [0.717, 1.165) is 37.6 Å². The lowest BCUT2D eigenvalue weighted by Gasteiger charge is -2.33. The van der Waals surface area contributed by atoms with E-state index in [4.69, 9.17) is 4.98 Å². The number of anilines is 1. The highest BCUT2D eigenvalue weighted by Gasteiger charge is 2.22. The van der Waals surface area contributed by atoms with Crippen molar-refractivity contribution < 1.29 is 4.79 Å². The van der Waals surface area contributed by atoms with Gasteiger partial charge in [-0.2, -0.15) is 0 Å². The van der Waals surface area contributed by atoms with Crippen LogP contribution in [0.15, 0.2) is 42.6 Å². The third-order valence-corrected chi connectivity index (χ3v) is 4.61. The molecule has 1 aromatic heterocycles. The molecule has 0 aliphatic carbocycles. The molecule has 5 nitrogen and oxygen atoms in total. The van der Waals surface area contributed by atoms with Gasteiger partial charge >= 0.3 is 0 Å². The van der Waals surface area contributed by atoms with Crippen LogP contribution in [0.4, 0.5) is 5.82 Å². The first-order valence-electron chi connectivity index (χ1n) is 9.04. The molecule has 25 heavy (non-hydrogen) atoms. The smallest absolute Gasteiger partial charge is 0.251 e. The van der Waals surface area contributed by atoms with Crippen molar-refractivity contribution in [3.05, 3.63) is 54.0 Å². The molecule has 1 atom stereocenters. The van der Waals surface area contributed by atoms with Crippen molar-refractivity contribution in [3.8, 4) is 0 Å². The Morgan fingerprint density at radius 3 is 2.84 bits per heavy atom. The van der Waals surface area contributed by atoms with Crippen molar-refractivity contribution in [2.24, 2.45) is 5.92 Å². The van der Waals surface area contributed by atoms with E-state index in [0.29, 0.717) is 23.9 Å². The molecule has 1 fully saturated rings. The third kappa shape index (κ3) is 4.56. The number of carbonyl (C=O) groups excluding carboxylic acids is 1. The summed E-state index contributed by atoms with van der Waals surface area (Å²) in [6.07, 6.45) is 4.10. The molecule has 1 saturated heterocycles. The van der Waals surface area contributed by atoms with E-state index in [1.807, 2.05) is 42.6 Å².